The lowest BCUT2D eigenvalue weighted by Crippen LogP contribution is -2.03. The molecule has 0 unspecified atom stereocenters. The number of hydrogen-bond acceptors (Lipinski definition) is 2. The molecule has 1 nitrogen and oxygen atoms in total. The van der Waals surface area contributed by atoms with E-state index in [-0.39, 0.29) is 5.82 Å². The maximum absolute atomic E-state index is 13.3. The average molecular weight is 241 g/mol. The van der Waals surface area contributed by atoms with E-state index < -0.39 is 0 Å². The van der Waals surface area contributed by atoms with Gasteiger partial charge < -0.3 is 5.73 Å². The number of benzene rings is 1. The highest BCUT2D eigenvalue weighted by molar-refractivity contribution is 7.99. The molecule has 1 aromatic rings. The van der Waals surface area contributed by atoms with Crippen LogP contribution in [0.3, 0.4) is 0 Å². The lowest BCUT2D eigenvalue weighted by atomic mass is 10.1. The number of thioether (sulfide) groups is 1. The van der Waals surface area contributed by atoms with Crippen LogP contribution in [0.2, 0.25) is 0 Å². The minimum Gasteiger partial charge on any atom is -0.330 e. The van der Waals surface area contributed by atoms with Gasteiger partial charge in [-0.2, -0.15) is 0 Å². The molecule has 90 valence electrons. The Morgan fingerprint density at radius 3 is 2.75 bits per heavy atom. The fourth-order valence-corrected chi connectivity index (χ4v) is 2.57. The van der Waals surface area contributed by atoms with Crippen molar-refractivity contribution in [2.24, 2.45) is 5.73 Å². The zero-order chi connectivity index (χ0) is 11.8. The SMILES string of the molecule is CCCCCSc1cc(F)cc(CCN)c1. The highest BCUT2D eigenvalue weighted by Gasteiger charge is 2.01. The second kappa shape index (κ2) is 7.69. The summed E-state index contributed by atoms with van der Waals surface area (Å²) in [7, 11) is 0. The average Bonchev–Trinajstić information content (AvgIpc) is 2.24. The van der Waals surface area contributed by atoms with E-state index in [1.54, 1.807) is 23.9 Å². The van der Waals surface area contributed by atoms with Gasteiger partial charge in [-0.05, 0) is 48.9 Å². The summed E-state index contributed by atoms with van der Waals surface area (Å²) in [5.41, 5.74) is 6.47. The van der Waals surface area contributed by atoms with E-state index in [9.17, 15) is 4.39 Å². The van der Waals surface area contributed by atoms with Gasteiger partial charge in [0.25, 0.3) is 0 Å². The topological polar surface area (TPSA) is 26.0 Å². The van der Waals surface area contributed by atoms with Crippen molar-refractivity contribution in [3.63, 3.8) is 0 Å². The zero-order valence-corrected chi connectivity index (χ0v) is 10.7. The van der Waals surface area contributed by atoms with E-state index >= 15 is 0 Å². The maximum atomic E-state index is 13.3. The van der Waals surface area contributed by atoms with E-state index in [1.165, 1.54) is 19.3 Å². The summed E-state index contributed by atoms with van der Waals surface area (Å²) in [5, 5.41) is 0. The van der Waals surface area contributed by atoms with Crippen molar-refractivity contribution in [1.82, 2.24) is 0 Å². The van der Waals surface area contributed by atoms with Crippen LogP contribution >= 0.6 is 11.8 Å². The molecule has 0 aromatic heterocycles. The first-order valence-corrected chi connectivity index (χ1v) is 6.87. The third kappa shape index (κ3) is 4.99. The van der Waals surface area contributed by atoms with E-state index in [2.05, 4.69) is 6.92 Å². The quantitative estimate of drug-likeness (QED) is 0.583. The van der Waals surface area contributed by atoms with Crippen LogP contribution in [0.1, 0.15) is 31.7 Å². The Bertz CT molecular complexity index is 315. The van der Waals surface area contributed by atoms with Crippen molar-refractivity contribution in [3.8, 4) is 0 Å². The van der Waals surface area contributed by atoms with Gasteiger partial charge in [-0.1, -0.05) is 19.8 Å². The predicted molar refractivity (Wildman–Crippen MR) is 69.4 cm³/mol. The van der Waals surface area contributed by atoms with Crippen LogP contribution in [0, 0.1) is 5.82 Å². The molecule has 1 rings (SSSR count). The molecule has 0 amide bonds. The van der Waals surface area contributed by atoms with Crippen molar-refractivity contribution in [2.45, 2.75) is 37.5 Å². The summed E-state index contributed by atoms with van der Waals surface area (Å²) in [6.45, 7) is 2.76. The molecule has 16 heavy (non-hydrogen) atoms. The number of unbranched alkanes of at least 4 members (excludes halogenated alkanes) is 2. The first-order chi connectivity index (χ1) is 7.76. The van der Waals surface area contributed by atoms with Gasteiger partial charge in [-0.3, -0.25) is 0 Å². The van der Waals surface area contributed by atoms with Crippen LogP contribution in [0.5, 0.6) is 0 Å². The van der Waals surface area contributed by atoms with Crippen molar-refractivity contribution >= 4 is 11.8 Å². The predicted octanol–water partition coefficient (Wildman–Crippen LogP) is 3.61. The molecular formula is C13H20FNS. The van der Waals surface area contributed by atoms with Gasteiger partial charge in [-0.15, -0.1) is 11.8 Å². The van der Waals surface area contributed by atoms with Gasteiger partial charge in [0.15, 0.2) is 0 Å². The Morgan fingerprint density at radius 1 is 1.25 bits per heavy atom. The Balaban J connectivity index is 2.51. The molecule has 0 radical (unpaired) electrons. The molecule has 0 saturated carbocycles. The highest BCUT2D eigenvalue weighted by Crippen LogP contribution is 2.22. The van der Waals surface area contributed by atoms with Gasteiger partial charge >= 0.3 is 0 Å². The minimum atomic E-state index is -0.149. The monoisotopic (exact) mass is 241 g/mol. The minimum absolute atomic E-state index is 0.149. The molecule has 0 fully saturated rings. The number of hydrogen-bond donors (Lipinski definition) is 1. The Morgan fingerprint density at radius 2 is 2.06 bits per heavy atom. The summed E-state index contributed by atoms with van der Waals surface area (Å²) in [5.74, 6) is 0.920. The van der Waals surface area contributed by atoms with E-state index in [1.807, 2.05) is 6.07 Å². The molecule has 0 atom stereocenters. The van der Waals surface area contributed by atoms with E-state index in [0.717, 1.165) is 22.6 Å². The molecule has 0 spiro atoms. The van der Waals surface area contributed by atoms with Crippen molar-refractivity contribution < 1.29 is 4.39 Å². The molecule has 0 saturated heterocycles. The molecule has 1 aromatic carbocycles. The first kappa shape index (κ1) is 13.5. The summed E-state index contributed by atoms with van der Waals surface area (Å²) < 4.78 is 13.3. The van der Waals surface area contributed by atoms with Crippen molar-refractivity contribution in [3.05, 3.63) is 29.6 Å². The third-order valence-corrected chi connectivity index (χ3v) is 3.44. The number of rotatable bonds is 7. The van der Waals surface area contributed by atoms with Crippen molar-refractivity contribution in [2.75, 3.05) is 12.3 Å². The highest BCUT2D eigenvalue weighted by atomic mass is 32.2. The van der Waals surface area contributed by atoms with Crippen LogP contribution in [0.15, 0.2) is 23.1 Å². The summed E-state index contributed by atoms with van der Waals surface area (Å²) in [6, 6.07) is 5.23. The largest absolute Gasteiger partial charge is 0.330 e. The van der Waals surface area contributed by atoms with Gasteiger partial charge in [0.05, 0.1) is 0 Å². The van der Waals surface area contributed by atoms with Gasteiger partial charge in [-0.25, -0.2) is 4.39 Å². The van der Waals surface area contributed by atoms with Crippen LogP contribution in [-0.4, -0.2) is 12.3 Å². The molecule has 3 heteroatoms. The maximum Gasteiger partial charge on any atom is 0.124 e. The van der Waals surface area contributed by atoms with Crippen LogP contribution < -0.4 is 5.73 Å². The smallest absolute Gasteiger partial charge is 0.124 e. The summed E-state index contributed by atoms with van der Waals surface area (Å²) in [6.07, 6.45) is 4.42. The Kier molecular flexibility index (Phi) is 6.50. The second-order valence-electron chi connectivity index (χ2n) is 3.89. The first-order valence-electron chi connectivity index (χ1n) is 5.88. The van der Waals surface area contributed by atoms with E-state index in [4.69, 9.17) is 5.73 Å². The summed E-state index contributed by atoms with van der Waals surface area (Å²) in [4.78, 5) is 1.03. The lowest BCUT2D eigenvalue weighted by Gasteiger charge is -2.05. The second-order valence-corrected chi connectivity index (χ2v) is 5.06. The van der Waals surface area contributed by atoms with E-state index in [0.29, 0.717) is 6.54 Å². The van der Waals surface area contributed by atoms with Gasteiger partial charge in [0, 0.05) is 4.90 Å². The summed E-state index contributed by atoms with van der Waals surface area (Å²) >= 11 is 1.73. The zero-order valence-electron chi connectivity index (χ0n) is 9.84. The van der Waals surface area contributed by atoms with Gasteiger partial charge in [0.2, 0.25) is 0 Å². The molecule has 0 aliphatic carbocycles. The molecule has 2 N–H and O–H groups in total. The Labute approximate surface area is 102 Å². The molecule has 0 bridgehead atoms. The molecule has 0 heterocycles. The van der Waals surface area contributed by atoms with Gasteiger partial charge in [0.1, 0.15) is 5.82 Å². The van der Waals surface area contributed by atoms with Crippen molar-refractivity contribution in [1.29, 1.82) is 0 Å². The third-order valence-electron chi connectivity index (χ3n) is 2.38. The standard InChI is InChI=1S/C13H20FNS/c1-2-3-4-7-16-13-9-11(5-6-15)8-12(14)10-13/h8-10H,2-7,15H2,1H3. The fourth-order valence-electron chi connectivity index (χ4n) is 1.56. The lowest BCUT2D eigenvalue weighted by molar-refractivity contribution is 0.621. The number of nitrogens with two attached hydrogens (primary N) is 1. The van der Waals surface area contributed by atoms with Crippen LogP contribution in [0.25, 0.3) is 0 Å². The Hall–Kier alpha value is -0.540. The molecule has 0 aliphatic rings. The number of halogens is 1. The van der Waals surface area contributed by atoms with Crippen LogP contribution in [-0.2, 0) is 6.42 Å². The molecular weight excluding hydrogens is 221 g/mol. The normalized spacial score (nSPS) is 10.7. The van der Waals surface area contributed by atoms with Crippen LogP contribution in [0.4, 0.5) is 4.39 Å². The fraction of sp³-hybridized carbons (Fsp3) is 0.538. The molecule has 0 aliphatic heterocycles.